The number of hydrogen-bond acceptors (Lipinski definition) is 1. The van der Waals surface area contributed by atoms with Gasteiger partial charge in [-0.05, 0) is 25.3 Å². The molecule has 0 bridgehead atoms. The Hall–Kier alpha value is -0.980. The van der Waals surface area contributed by atoms with Crippen LogP contribution in [-0.4, -0.2) is 5.60 Å². The van der Waals surface area contributed by atoms with Gasteiger partial charge in [0.1, 0.15) is 11.4 Å². The molecule has 1 nitrogen and oxygen atoms in total. The number of ether oxygens (including phenoxy) is 1. The van der Waals surface area contributed by atoms with Gasteiger partial charge in [0.05, 0.1) is 0 Å². The Kier molecular flexibility index (Phi) is 2.29. The van der Waals surface area contributed by atoms with Crippen molar-refractivity contribution >= 4 is 0 Å². The molecule has 0 N–H and O–H groups in total. The fourth-order valence-electron chi connectivity index (χ4n) is 2.21. The summed E-state index contributed by atoms with van der Waals surface area (Å²) in [5, 5.41) is 0. The topological polar surface area (TPSA) is 9.23 Å². The number of fused-ring (bicyclic) bond motifs is 1. The first-order valence-corrected chi connectivity index (χ1v) is 5.75. The van der Waals surface area contributed by atoms with Gasteiger partial charge in [-0.15, -0.1) is 0 Å². The summed E-state index contributed by atoms with van der Waals surface area (Å²) in [5.41, 5.74) is 2.64. The van der Waals surface area contributed by atoms with E-state index in [1.807, 2.05) is 0 Å². The standard InChI is InChI=1S/C14H20O/c1-9(2)11-7-6-8-12-10(3)14(4,5)15-13(11)12/h6-10H,1-5H3. The smallest absolute Gasteiger partial charge is 0.127 e. The molecule has 0 aromatic heterocycles. The molecule has 1 unspecified atom stereocenters. The summed E-state index contributed by atoms with van der Waals surface area (Å²) in [6.07, 6.45) is 0. The minimum Gasteiger partial charge on any atom is -0.487 e. The van der Waals surface area contributed by atoms with E-state index in [0.29, 0.717) is 11.8 Å². The minimum atomic E-state index is -0.0622. The predicted molar refractivity (Wildman–Crippen MR) is 63.7 cm³/mol. The molecule has 0 saturated carbocycles. The average Bonchev–Trinajstić information content (AvgIpc) is 2.37. The van der Waals surface area contributed by atoms with E-state index in [1.165, 1.54) is 11.1 Å². The zero-order valence-electron chi connectivity index (χ0n) is 10.3. The van der Waals surface area contributed by atoms with Crippen molar-refractivity contribution in [1.29, 1.82) is 0 Å². The second kappa shape index (κ2) is 3.26. The first kappa shape index (κ1) is 10.5. The van der Waals surface area contributed by atoms with Crippen LogP contribution in [0.2, 0.25) is 0 Å². The maximum absolute atomic E-state index is 6.10. The van der Waals surface area contributed by atoms with E-state index in [2.05, 4.69) is 52.8 Å². The van der Waals surface area contributed by atoms with Gasteiger partial charge in [0.25, 0.3) is 0 Å². The van der Waals surface area contributed by atoms with E-state index in [9.17, 15) is 0 Å². The van der Waals surface area contributed by atoms with Crippen LogP contribution in [0.3, 0.4) is 0 Å². The van der Waals surface area contributed by atoms with Crippen LogP contribution in [-0.2, 0) is 0 Å². The van der Waals surface area contributed by atoms with Crippen LogP contribution < -0.4 is 4.74 Å². The van der Waals surface area contributed by atoms with Crippen molar-refractivity contribution in [2.45, 2.75) is 52.1 Å². The summed E-state index contributed by atoms with van der Waals surface area (Å²) in [6, 6.07) is 6.52. The Balaban J connectivity index is 2.54. The SMILES string of the molecule is CC(C)c1cccc2c1OC(C)(C)C2C. The van der Waals surface area contributed by atoms with Crippen molar-refractivity contribution < 1.29 is 4.74 Å². The lowest BCUT2D eigenvalue weighted by atomic mass is 9.87. The van der Waals surface area contributed by atoms with E-state index in [1.54, 1.807) is 0 Å². The Morgan fingerprint density at radius 3 is 2.53 bits per heavy atom. The molecule has 0 spiro atoms. The molecule has 2 rings (SSSR count). The van der Waals surface area contributed by atoms with E-state index < -0.39 is 0 Å². The molecule has 1 aromatic rings. The van der Waals surface area contributed by atoms with Gasteiger partial charge in [-0.25, -0.2) is 0 Å². The van der Waals surface area contributed by atoms with Gasteiger partial charge in [0, 0.05) is 11.5 Å². The van der Waals surface area contributed by atoms with Crippen LogP contribution in [0.1, 0.15) is 57.6 Å². The summed E-state index contributed by atoms with van der Waals surface area (Å²) in [5.74, 6) is 2.14. The van der Waals surface area contributed by atoms with E-state index >= 15 is 0 Å². The van der Waals surface area contributed by atoms with Crippen molar-refractivity contribution in [3.63, 3.8) is 0 Å². The third-order valence-corrected chi connectivity index (χ3v) is 3.57. The van der Waals surface area contributed by atoms with Crippen LogP contribution in [0.25, 0.3) is 0 Å². The largest absolute Gasteiger partial charge is 0.487 e. The molecule has 1 heterocycles. The number of benzene rings is 1. The fourth-order valence-corrected chi connectivity index (χ4v) is 2.21. The molecule has 0 fully saturated rings. The van der Waals surface area contributed by atoms with Crippen LogP contribution in [0, 0.1) is 0 Å². The van der Waals surface area contributed by atoms with Crippen molar-refractivity contribution in [2.75, 3.05) is 0 Å². The molecular formula is C14H20O. The van der Waals surface area contributed by atoms with Crippen molar-refractivity contribution in [1.82, 2.24) is 0 Å². The van der Waals surface area contributed by atoms with Crippen molar-refractivity contribution in [3.05, 3.63) is 29.3 Å². The quantitative estimate of drug-likeness (QED) is 0.669. The lowest BCUT2D eigenvalue weighted by molar-refractivity contribution is 0.114. The summed E-state index contributed by atoms with van der Waals surface area (Å²) in [7, 11) is 0. The van der Waals surface area contributed by atoms with Gasteiger partial charge in [-0.2, -0.15) is 0 Å². The van der Waals surface area contributed by atoms with Gasteiger partial charge in [0.15, 0.2) is 0 Å². The Morgan fingerprint density at radius 1 is 1.27 bits per heavy atom. The second-order valence-corrected chi connectivity index (χ2v) is 5.35. The highest BCUT2D eigenvalue weighted by atomic mass is 16.5. The third-order valence-electron chi connectivity index (χ3n) is 3.57. The second-order valence-electron chi connectivity index (χ2n) is 5.35. The van der Waals surface area contributed by atoms with Crippen LogP contribution >= 0.6 is 0 Å². The molecule has 82 valence electrons. The molecule has 0 radical (unpaired) electrons. The first-order valence-electron chi connectivity index (χ1n) is 5.75. The highest BCUT2D eigenvalue weighted by molar-refractivity contribution is 5.49. The Morgan fingerprint density at radius 2 is 1.93 bits per heavy atom. The zero-order chi connectivity index (χ0) is 11.2. The molecule has 0 aliphatic carbocycles. The molecule has 0 amide bonds. The highest BCUT2D eigenvalue weighted by Crippen LogP contribution is 2.47. The van der Waals surface area contributed by atoms with E-state index in [0.717, 1.165) is 5.75 Å². The molecule has 1 heteroatoms. The van der Waals surface area contributed by atoms with Gasteiger partial charge in [-0.1, -0.05) is 39.0 Å². The molecule has 1 aromatic carbocycles. The highest BCUT2D eigenvalue weighted by Gasteiger charge is 2.39. The molecular weight excluding hydrogens is 184 g/mol. The first-order chi connectivity index (χ1) is 6.93. The van der Waals surface area contributed by atoms with Crippen LogP contribution in [0.4, 0.5) is 0 Å². The lowest BCUT2D eigenvalue weighted by Gasteiger charge is -2.23. The molecule has 15 heavy (non-hydrogen) atoms. The summed E-state index contributed by atoms with van der Waals surface area (Å²) >= 11 is 0. The van der Waals surface area contributed by atoms with Gasteiger partial charge >= 0.3 is 0 Å². The average molecular weight is 204 g/mol. The van der Waals surface area contributed by atoms with Crippen LogP contribution in [0.15, 0.2) is 18.2 Å². The Labute approximate surface area is 92.5 Å². The molecule has 0 saturated heterocycles. The van der Waals surface area contributed by atoms with Gasteiger partial charge in [-0.3, -0.25) is 0 Å². The maximum Gasteiger partial charge on any atom is 0.127 e. The summed E-state index contributed by atoms with van der Waals surface area (Å²) < 4.78 is 6.10. The van der Waals surface area contributed by atoms with Crippen molar-refractivity contribution in [2.24, 2.45) is 0 Å². The number of hydrogen-bond donors (Lipinski definition) is 0. The fraction of sp³-hybridized carbons (Fsp3) is 0.571. The molecule has 1 aliphatic heterocycles. The monoisotopic (exact) mass is 204 g/mol. The number of para-hydroxylation sites is 1. The van der Waals surface area contributed by atoms with E-state index in [4.69, 9.17) is 4.74 Å². The maximum atomic E-state index is 6.10. The summed E-state index contributed by atoms with van der Waals surface area (Å²) in [6.45, 7) is 11.0. The number of rotatable bonds is 1. The van der Waals surface area contributed by atoms with Gasteiger partial charge in [0.2, 0.25) is 0 Å². The normalized spacial score (nSPS) is 22.7. The third kappa shape index (κ3) is 1.54. The van der Waals surface area contributed by atoms with Crippen molar-refractivity contribution in [3.8, 4) is 5.75 Å². The van der Waals surface area contributed by atoms with E-state index in [-0.39, 0.29) is 5.60 Å². The molecule has 1 atom stereocenters. The predicted octanol–water partition coefficient (Wildman–Crippen LogP) is 4.08. The summed E-state index contributed by atoms with van der Waals surface area (Å²) in [4.78, 5) is 0. The zero-order valence-corrected chi connectivity index (χ0v) is 10.3. The minimum absolute atomic E-state index is 0.0622. The molecule has 1 aliphatic rings. The Bertz CT molecular complexity index is 377. The lowest BCUT2D eigenvalue weighted by Crippen LogP contribution is -2.28. The van der Waals surface area contributed by atoms with Crippen LogP contribution in [0.5, 0.6) is 5.75 Å². The van der Waals surface area contributed by atoms with Gasteiger partial charge < -0.3 is 4.74 Å².